The molecule has 0 aliphatic rings. The van der Waals surface area contributed by atoms with Crippen molar-refractivity contribution in [2.75, 3.05) is 0 Å². The summed E-state index contributed by atoms with van der Waals surface area (Å²) >= 11 is 11.6. The molecule has 17 heavy (non-hydrogen) atoms. The molecule has 2 aromatic carbocycles. The summed E-state index contributed by atoms with van der Waals surface area (Å²) in [5.74, 6) is -0.172. The molecule has 0 unspecified atom stereocenters. The Balaban J connectivity index is 2.40. The zero-order valence-corrected chi connectivity index (χ0v) is 10.2. The number of benzene rings is 2. The molecule has 0 fully saturated rings. The van der Waals surface area contributed by atoms with Gasteiger partial charge in [0.25, 0.3) is 0 Å². The van der Waals surface area contributed by atoms with E-state index in [1.54, 1.807) is 24.3 Å². The fraction of sp³-hybridized carbons (Fsp3) is 0. The van der Waals surface area contributed by atoms with Crippen LogP contribution in [0.3, 0.4) is 0 Å². The minimum Gasteiger partial charge on any atom is -0.508 e. The average Bonchev–Trinajstić information content (AvgIpc) is 2.29. The number of hydrogen-bond acceptors (Lipinski definition) is 2. The van der Waals surface area contributed by atoms with Crippen molar-refractivity contribution in [3.8, 4) is 5.75 Å². The lowest BCUT2D eigenvalue weighted by Crippen LogP contribution is -2.01. The molecule has 0 saturated carbocycles. The number of ketones is 1. The zero-order valence-electron chi connectivity index (χ0n) is 8.65. The summed E-state index contributed by atoms with van der Waals surface area (Å²) in [6.07, 6.45) is 0. The Bertz CT molecular complexity index is 562. The Morgan fingerprint density at radius 1 is 1.00 bits per heavy atom. The first-order valence-electron chi connectivity index (χ1n) is 4.87. The first-order chi connectivity index (χ1) is 8.08. The highest BCUT2D eigenvalue weighted by Gasteiger charge is 2.12. The number of aromatic hydroxyl groups is 1. The van der Waals surface area contributed by atoms with Crippen molar-refractivity contribution in [2.24, 2.45) is 0 Å². The van der Waals surface area contributed by atoms with E-state index in [-0.39, 0.29) is 16.6 Å². The quantitative estimate of drug-likeness (QED) is 0.837. The SMILES string of the molecule is O=C(c1ccc(Cl)cc1)c1ccc(O)cc1Cl. The summed E-state index contributed by atoms with van der Waals surface area (Å²) in [4.78, 5) is 12.1. The van der Waals surface area contributed by atoms with Crippen LogP contribution in [0.2, 0.25) is 10.0 Å². The molecule has 0 radical (unpaired) electrons. The second-order valence-corrected chi connectivity index (χ2v) is 4.34. The number of phenols is 1. The van der Waals surface area contributed by atoms with Gasteiger partial charge in [-0.15, -0.1) is 0 Å². The molecule has 2 nitrogen and oxygen atoms in total. The number of phenolic OH excluding ortho intramolecular Hbond substituents is 1. The molecule has 0 spiro atoms. The standard InChI is InChI=1S/C13H8Cl2O2/c14-9-3-1-8(2-4-9)13(17)11-6-5-10(16)7-12(11)15/h1-7,16H. The number of halogens is 2. The van der Waals surface area contributed by atoms with E-state index in [0.717, 1.165) is 0 Å². The third-order valence-corrected chi connectivity index (χ3v) is 2.87. The molecule has 0 heterocycles. The van der Waals surface area contributed by atoms with Gasteiger partial charge in [0.05, 0.1) is 5.02 Å². The van der Waals surface area contributed by atoms with Crippen LogP contribution in [-0.4, -0.2) is 10.9 Å². The van der Waals surface area contributed by atoms with Crippen LogP contribution >= 0.6 is 23.2 Å². The Morgan fingerprint density at radius 3 is 2.24 bits per heavy atom. The van der Waals surface area contributed by atoms with E-state index in [1.165, 1.54) is 18.2 Å². The van der Waals surface area contributed by atoms with E-state index in [2.05, 4.69) is 0 Å². The van der Waals surface area contributed by atoms with Crippen LogP contribution in [0.1, 0.15) is 15.9 Å². The van der Waals surface area contributed by atoms with Gasteiger partial charge in [-0.2, -0.15) is 0 Å². The van der Waals surface area contributed by atoms with Crippen molar-refractivity contribution in [2.45, 2.75) is 0 Å². The van der Waals surface area contributed by atoms with Gasteiger partial charge >= 0.3 is 0 Å². The smallest absolute Gasteiger partial charge is 0.194 e. The molecule has 0 atom stereocenters. The molecule has 0 saturated heterocycles. The van der Waals surface area contributed by atoms with Gasteiger partial charge in [0.2, 0.25) is 0 Å². The van der Waals surface area contributed by atoms with Gasteiger partial charge in [-0.3, -0.25) is 4.79 Å². The number of carbonyl (C=O) groups excluding carboxylic acids is 1. The fourth-order valence-electron chi connectivity index (χ4n) is 1.44. The molecule has 0 aliphatic heterocycles. The number of hydrogen-bond donors (Lipinski definition) is 1. The van der Waals surface area contributed by atoms with Crippen LogP contribution < -0.4 is 0 Å². The minimum atomic E-state index is -0.202. The van der Waals surface area contributed by atoms with Crippen LogP contribution in [0.25, 0.3) is 0 Å². The molecule has 2 aromatic rings. The molecule has 2 rings (SSSR count). The maximum absolute atomic E-state index is 12.1. The Kier molecular flexibility index (Phi) is 3.36. The van der Waals surface area contributed by atoms with E-state index >= 15 is 0 Å². The average molecular weight is 267 g/mol. The topological polar surface area (TPSA) is 37.3 Å². The maximum atomic E-state index is 12.1. The lowest BCUT2D eigenvalue weighted by atomic mass is 10.0. The van der Waals surface area contributed by atoms with Crippen LogP contribution in [-0.2, 0) is 0 Å². The Hall–Kier alpha value is -1.51. The van der Waals surface area contributed by atoms with Gasteiger partial charge in [-0.1, -0.05) is 23.2 Å². The van der Waals surface area contributed by atoms with Gasteiger partial charge in [0.1, 0.15) is 5.75 Å². The summed E-state index contributed by atoms with van der Waals surface area (Å²) in [5.41, 5.74) is 0.855. The van der Waals surface area contributed by atoms with Crippen LogP contribution in [0.4, 0.5) is 0 Å². The predicted molar refractivity (Wildman–Crippen MR) is 68.0 cm³/mol. The van der Waals surface area contributed by atoms with Crippen molar-refractivity contribution in [3.05, 3.63) is 63.6 Å². The molecule has 0 aromatic heterocycles. The van der Waals surface area contributed by atoms with Gasteiger partial charge < -0.3 is 5.11 Å². The Morgan fingerprint density at radius 2 is 1.65 bits per heavy atom. The van der Waals surface area contributed by atoms with Gasteiger partial charge in [-0.25, -0.2) is 0 Å². The largest absolute Gasteiger partial charge is 0.508 e. The molecule has 0 bridgehead atoms. The van der Waals surface area contributed by atoms with Gasteiger partial charge in [-0.05, 0) is 42.5 Å². The van der Waals surface area contributed by atoms with Crippen LogP contribution in [0.5, 0.6) is 5.75 Å². The lowest BCUT2D eigenvalue weighted by Gasteiger charge is -2.04. The van der Waals surface area contributed by atoms with E-state index < -0.39 is 0 Å². The second kappa shape index (κ2) is 4.78. The number of carbonyl (C=O) groups is 1. The molecule has 4 heteroatoms. The van der Waals surface area contributed by atoms with E-state index in [9.17, 15) is 9.90 Å². The van der Waals surface area contributed by atoms with Crippen molar-refractivity contribution in [3.63, 3.8) is 0 Å². The van der Waals surface area contributed by atoms with Crippen molar-refractivity contribution in [1.82, 2.24) is 0 Å². The van der Waals surface area contributed by atoms with Crippen LogP contribution in [0.15, 0.2) is 42.5 Å². The molecular weight excluding hydrogens is 259 g/mol. The van der Waals surface area contributed by atoms with Crippen molar-refractivity contribution < 1.29 is 9.90 Å². The van der Waals surface area contributed by atoms with Crippen molar-refractivity contribution in [1.29, 1.82) is 0 Å². The van der Waals surface area contributed by atoms with Crippen LogP contribution in [0, 0.1) is 0 Å². The van der Waals surface area contributed by atoms with Gasteiger partial charge in [0, 0.05) is 16.1 Å². The second-order valence-electron chi connectivity index (χ2n) is 3.50. The van der Waals surface area contributed by atoms with E-state index in [4.69, 9.17) is 23.2 Å². The highest BCUT2D eigenvalue weighted by atomic mass is 35.5. The molecule has 0 amide bonds. The molecular formula is C13H8Cl2O2. The lowest BCUT2D eigenvalue weighted by molar-refractivity contribution is 0.103. The monoisotopic (exact) mass is 266 g/mol. The van der Waals surface area contributed by atoms with Crippen molar-refractivity contribution >= 4 is 29.0 Å². The number of rotatable bonds is 2. The summed E-state index contributed by atoms with van der Waals surface area (Å²) in [6, 6.07) is 10.8. The summed E-state index contributed by atoms with van der Waals surface area (Å²) in [6.45, 7) is 0. The highest BCUT2D eigenvalue weighted by Crippen LogP contribution is 2.24. The summed E-state index contributed by atoms with van der Waals surface area (Å²) in [7, 11) is 0. The molecule has 86 valence electrons. The fourth-order valence-corrected chi connectivity index (χ4v) is 1.83. The van der Waals surface area contributed by atoms with E-state index in [0.29, 0.717) is 16.1 Å². The molecule has 1 N–H and O–H groups in total. The first kappa shape index (κ1) is 12.0. The highest BCUT2D eigenvalue weighted by molar-refractivity contribution is 6.35. The Labute approximate surface area is 108 Å². The molecule has 0 aliphatic carbocycles. The minimum absolute atomic E-state index is 0.0302. The maximum Gasteiger partial charge on any atom is 0.194 e. The van der Waals surface area contributed by atoms with E-state index in [1.807, 2.05) is 0 Å². The normalized spacial score (nSPS) is 10.2. The first-order valence-corrected chi connectivity index (χ1v) is 5.62. The third-order valence-electron chi connectivity index (χ3n) is 2.30. The summed E-state index contributed by atoms with van der Waals surface area (Å²) in [5, 5.41) is 10.0. The summed E-state index contributed by atoms with van der Waals surface area (Å²) < 4.78 is 0. The predicted octanol–water partition coefficient (Wildman–Crippen LogP) is 3.93. The third kappa shape index (κ3) is 2.60. The van der Waals surface area contributed by atoms with Gasteiger partial charge in [0.15, 0.2) is 5.78 Å². The zero-order chi connectivity index (χ0) is 12.4.